The van der Waals surface area contributed by atoms with Gasteiger partial charge < -0.3 is 10.2 Å². The molecular weight excluding hydrogens is 299 g/mol. The summed E-state index contributed by atoms with van der Waals surface area (Å²) in [4.78, 5) is 25.2. The lowest BCUT2D eigenvalue weighted by Gasteiger charge is -2.19. The lowest BCUT2D eigenvalue weighted by atomic mass is 10.1. The second kappa shape index (κ2) is 6.95. The van der Waals surface area contributed by atoms with Crippen molar-refractivity contribution in [1.29, 1.82) is 0 Å². The third kappa shape index (κ3) is 4.12. The van der Waals surface area contributed by atoms with Crippen molar-refractivity contribution in [2.24, 2.45) is 0 Å². The fourth-order valence-corrected chi connectivity index (χ4v) is 2.65. The Bertz CT molecular complexity index is 520. The molecule has 0 bridgehead atoms. The fourth-order valence-electron chi connectivity index (χ4n) is 2.14. The molecule has 1 aliphatic rings. The maximum atomic E-state index is 12.1. The standard InChI is InChI=1S/C14H16Cl2N2O2/c15-11-4-2-10(12(16)8-11)3-5-14(20)18-7-1-6-17-13(19)9-18/h2,4,8H,1,3,5-7,9H2,(H,17,19). The zero-order chi connectivity index (χ0) is 14.5. The summed E-state index contributed by atoms with van der Waals surface area (Å²) < 4.78 is 0. The van der Waals surface area contributed by atoms with Crippen LogP contribution < -0.4 is 5.32 Å². The van der Waals surface area contributed by atoms with Gasteiger partial charge in [-0.15, -0.1) is 0 Å². The van der Waals surface area contributed by atoms with Crippen molar-refractivity contribution >= 4 is 35.0 Å². The number of carbonyl (C=O) groups excluding carboxylic acids is 2. The van der Waals surface area contributed by atoms with E-state index in [0.29, 0.717) is 36.0 Å². The number of hydrogen-bond donors (Lipinski definition) is 1. The van der Waals surface area contributed by atoms with Crippen LogP contribution in [0.2, 0.25) is 10.0 Å². The van der Waals surface area contributed by atoms with Gasteiger partial charge in [-0.05, 0) is 30.5 Å². The van der Waals surface area contributed by atoms with Crippen LogP contribution in [0.1, 0.15) is 18.4 Å². The van der Waals surface area contributed by atoms with Crippen molar-refractivity contribution in [3.63, 3.8) is 0 Å². The molecule has 1 aromatic carbocycles. The number of aryl methyl sites for hydroxylation is 1. The van der Waals surface area contributed by atoms with E-state index >= 15 is 0 Å². The molecule has 20 heavy (non-hydrogen) atoms. The third-order valence-electron chi connectivity index (χ3n) is 3.24. The van der Waals surface area contributed by atoms with Crippen LogP contribution in [0, 0.1) is 0 Å². The van der Waals surface area contributed by atoms with Gasteiger partial charge in [-0.25, -0.2) is 0 Å². The highest BCUT2D eigenvalue weighted by atomic mass is 35.5. The Morgan fingerprint density at radius 2 is 2.15 bits per heavy atom. The molecule has 0 unspecified atom stereocenters. The number of amides is 2. The second-order valence-electron chi connectivity index (χ2n) is 4.75. The molecule has 1 aromatic rings. The van der Waals surface area contributed by atoms with E-state index in [1.54, 1.807) is 17.0 Å². The van der Waals surface area contributed by atoms with Crippen molar-refractivity contribution in [3.05, 3.63) is 33.8 Å². The van der Waals surface area contributed by atoms with Crippen LogP contribution in [-0.2, 0) is 16.0 Å². The van der Waals surface area contributed by atoms with E-state index < -0.39 is 0 Å². The van der Waals surface area contributed by atoms with E-state index in [2.05, 4.69) is 5.32 Å². The normalized spacial score (nSPS) is 15.7. The van der Waals surface area contributed by atoms with Gasteiger partial charge in [0.05, 0.1) is 6.54 Å². The Morgan fingerprint density at radius 1 is 1.35 bits per heavy atom. The van der Waals surface area contributed by atoms with Crippen molar-refractivity contribution in [3.8, 4) is 0 Å². The van der Waals surface area contributed by atoms with E-state index in [9.17, 15) is 9.59 Å². The van der Waals surface area contributed by atoms with Gasteiger partial charge >= 0.3 is 0 Å². The minimum Gasteiger partial charge on any atom is -0.354 e. The molecule has 2 amide bonds. The van der Waals surface area contributed by atoms with E-state index in [-0.39, 0.29) is 18.4 Å². The maximum Gasteiger partial charge on any atom is 0.239 e. The van der Waals surface area contributed by atoms with Crippen LogP contribution >= 0.6 is 23.2 Å². The Hall–Kier alpha value is -1.26. The SMILES string of the molecule is O=C1CN(C(=O)CCc2ccc(Cl)cc2Cl)CCCN1. The number of carbonyl (C=O) groups is 2. The summed E-state index contributed by atoms with van der Waals surface area (Å²) in [7, 11) is 0. The molecule has 1 heterocycles. The van der Waals surface area contributed by atoms with Gasteiger partial charge in [0, 0.05) is 29.6 Å². The minimum absolute atomic E-state index is 0.0203. The fraction of sp³-hybridized carbons (Fsp3) is 0.429. The van der Waals surface area contributed by atoms with Crippen LogP contribution in [0.3, 0.4) is 0 Å². The number of halogens is 2. The van der Waals surface area contributed by atoms with Crippen LogP contribution in [0.25, 0.3) is 0 Å². The highest BCUT2D eigenvalue weighted by molar-refractivity contribution is 6.35. The molecule has 0 saturated carbocycles. The van der Waals surface area contributed by atoms with Crippen molar-refractivity contribution < 1.29 is 9.59 Å². The van der Waals surface area contributed by atoms with E-state index in [4.69, 9.17) is 23.2 Å². The van der Waals surface area contributed by atoms with Gasteiger partial charge in [0.1, 0.15) is 0 Å². The third-order valence-corrected chi connectivity index (χ3v) is 3.82. The summed E-state index contributed by atoms with van der Waals surface area (Å²) in [6.45, 7) is 1.39. The number of nitrogens with zero attached hydrogens (tertiary/aromatic N) is 1. The Morgan fingerprint density at radius 3 is 2.90 bits per heavy atom. The molecule has 1 N–H and O–H groups in total. The molecule has 0 aromatic heterocycles. The van der Waals surface area contributed by atoms with Crippen LogP contribution in [-0.4, -0.2) is 36.3 Å². The minimum atomic E-state index is -0.0969. The predicted octanol–water partition coefficient (Wildman–Crippen LogP) is 2.27. The quantitative estimate of drug-likeness (QED) is 0.930. The summed E-state index contributed by atoms with van der Waals surface area (Å²) in [5.41, 5.74) is 0.892. The summed E-state index contributed by atoms with van der Waals surface area (Å²) >= 11 is 11.9. The van der Waals surface area contributed by atoms with Gasteiger partial charge in [0.2, 0.25) is 11.8 Å². The summed E-state index contributed by atoms with van der Waals surface area (Å²) in [6.07, 6.45) is 1.68. The van der Waals surface area contributed by atoms with E-state index in [1.165, 1.54) is 0 Å². The second-order valence-corrected chi connectivity index (χ2v) is 5.60. The molecule has 0 atom stereocenters. The van der Waals surface area contributed by atoms with Crippen molar-refractivity contribution in [2.75, 3.05) is 19.6 Å². The van der Waals surface area contributed by atoms with Gasteiger partial charge in [0.15, 0.2) is 0 Å². The van der Waals surface area contributed by atoms with Gasteiger partial charge in [0.25, 0.3) is 0 Å². The molecule has 108 valence electrons. The number of benzene rings is 1. The van der Waals surface area contributed by atoms with Crippen LogP contribution in [0.15, 0.2) is 18.2 Å². The Labute approximate surface area is 128 Å². The molecular formula is C14H16Cl2N2O2. The maximum absolute atomic E-state index is 12.1. The molecule has 4 nitrogen and oxygen atoms in total. The zero-order valence-corrected chi connectivity index (χ0v) is 12.5. The number of nitrogens with one attached hydrogen (secondary N) is 1. The van der Waals surface area contributed by atoms with Crippen LogP contribution in [0.4, 0.5) is 0 Å². The molecule has 0 radical (unpaired) electrons. The zero-order valence-electron chi connectivity index (χ0n) is 11.0. The molecule has 1 saturated heterocycles. The van der Waals surface area contributed by atoms with Gasteiger partial charge in [-0.1, -0.05) is 29.3 Å². The molecule has 1 aliphatic heterocycles. The molecule has 0 spiro atoms. The summed E-state index contributed by atoms with van der Waals surface area (Å²) in [5, 5.41) is 3.90. The molecule has 1 fully saturated rings. The average Bonchev–Trinajstić information content (AvgIpc) is 2.62. The lowest BCUT2D eigenvalue weighted by Crippen LogP contribution is -2.37. The Balaban J connectivity index is 1.92. The topological polar surface area (TPSA) is 49.4 Å². The van der Waals surface area contributed by atoms with Crippen LogP contribution in [0.5, 0.6) is 0 Å². The lowest BCUT2D eigenvalue weighted by molar-refractivity contribution is -0.135. The first-order valence-electron chi connectivity index (χ1n) is 6.54. The summed E-state index contributed by atoms with van der Waals surface area (Å²) in [5.74, 6) is -0.117. The van der Waals surface area contributed by atoms with E-state index in [1.807, 2.05) is 6.07 Å². The molecule has 2 rings (SSSR count). The first-order valence-corrected chi connectivity index (χ1v) is 7.30. The number of rotatable bonds is 3. The first-order chi connectivity index (χ1) is 9.56. The summed E-state index contributed by atoms with van der Waals surface area (Å²) in [6, 6.07) is 5.25. The first kappa shape index (κ1) is 15.1. The molecule has 0 aliphatic carbocycles. The van der Waals surface area contributed by atoms with Gasteiger partial charge in [-0.3, -0.25) is 9.59 Å². The van der Waals surface area contributed by atoms with Crippen molar-refractivity contribution in [2.45, 2.75) is 19.3 Å². The van der Waals surface area contributed by atoms with Crippen molar-refractivity contribution in [1.82, 2.24) is 10.2 Å². The highest BCUT2D eigenvalue weighted by Gasteiger charge is 2.19. The van der Waals surface area contributed by atoms with Gasteiger partial charge in [-0.2, -0.15) is 0 Å². The average molecular weight is 315 g/mol. The largest absolute Gasteiger partial charge is 0.354 e. The highest BCUT2D eigenvalue weighted by Crippen LogP contribution is 2.22. The Kier molecular flexibility index (Phi) is 5.26. The smallest absolute Gasteiger partial charge is 0.239 e. The monoisotopic (exact) mass is 314 g/mol. The molecule has 6 heteroatoms. The number of hydrogen-bond acceptors (Lipinski definition) is 2. The van der Waals surface area contributed by atoms with E-state index in [0.717, 1.165) is 12.0 Å². The predicted molar refractivity (Wildman–Crippen MR) is 79.0 cm³/mol.